The van der Waals surface area contributed by atoms with Gasteiger partial charge in [-0.15, -0.1) is 11.3 Å². The minimum Gasteiger partial charge on any atom is -0.351 e. The predicted octanol–water partition coefficient (Wildman–Crippen LogP) is 5.69. The maximum atomic E-state index is 12.6. The standard InChI is InChI=1S/C22H19ClN2OS/c1-13-3-6-15(7-4-13)9-10-24-22(26)19-12-17-20(27-19)16-11-14(2)5-8-18(16)25-21(17)23/h3-8,11-12H,9-10H2,1-2H3,(H,24,26). The zero-order chi connectivity index (χ0) is 19.0. The molecule has 2 heterocycles. The Bertz CT molecular complexity index is 1150. The van der Waals surface area contributed by atoms with Crippen LogP contribution in [0.15, 0.2) is 48.5 Å². The summed E-state index contributed by atoms with van der Waals surface area (Å²) in [6.07, 6.45) is 0.807. The Kier molecular flexibility index (Phi) is 4.85. The first-order chi connectivity index (χ1) is 13.0. The number of nitrogens with zero attached hydrogens (tertiary/aromatic N) is 1. The van der Waals surface area contributed by atoms with Gasteiger partial charge in [0.2, 0.25) is 0 Å². The Morgan fingerprint density at radius 2 is 1.78 bits per heavy atom. The van der Waals surface area contributed by atoms with Crippen molar-refractivity contribution >= 4 is 49.8 Å². The monoisotopic (exact) mass is 394 g/mol. The van der Waals surface area contributed by atoms with Gasteiger partial charge < -0.3 is 5.32 Å². The number of aryl methyl sites for hydroxylation is 2. The van der Waals surface area contributed by atoms with Crippen LogP contribution in [0.5, 0.6) is 0 Å². The fourth-order valence-corrected chi connectivity index (χ4v) is 4.51. The molecule has 0 aliphatic heterocycles. The molecule has 27 heavy (non-hydrogen) atoms. The molecule has 0 atom stereocenters. The predicted molar refractivity (Wildman–Crippen MR) is 114 cm³/mol. The Morgan fingerprint density at radius 3 is 2.56 bits per heavy atom. The number of hydrogen-bond acceptors (Lipinski definition) is 3. The summed E-state index contributed by atoms with van der Waals surface area (Å²) in [5.41, 5.74) is 4.46. The van der Waals surface area contributed by atoms with Crippen LogP contribution in [0.3, 0.4) is 0 Å². The average molecular weight is 395 g/mol. The second-order valence-corrected chi connectivity index (χ2v) is 8.18. The SMILES string of the molecule is Cc1ccc(CCNC(=O)c2cc3c(Cl)nc4ccc(C)cc4c3s2)cc1. The van der Waals surface area contributed by atoms with Gasteiger partial charge in [-0.05, 0) is 44.0 Å². The molecule has 0 fully saturated rings. The third-order valence-electron chi connectivity index (χ3n) is 4.61. The maximum absolute atomic E-state index is 12.6. The summed E-state index contributed by atoms with van der Waals surface area (Å²) in [7, 11) is 0. The minimum atomic E-state index is -0.0693. The lowest BCUT2D eigenvalue weighted by Crippen LogP contribution is -2.24. The summed E-state index contributed by atoms with van der Waals surface area (Å²) in [6.45, 7) is 4.71. The molecule has 4 rings (SSSR count). The van der Waals surface area contributed by atoms with E-state index in [-0.39, 0.29) is 5.91 Å². The number of hydrogen-bond donors (Lipinski definition) is 1. The number of rotatable bonds is 4. The number of nitrogens with one attached hydrogen (secondary N) is 1. The van der Waals surface area contributed by atoms with Crippen LogP contribution < -0.4 is 5.32 Å². The van der Waals surface area contributed by atoms with E-state index in [2.05, 4.69) is 47.6 Å². The molecule has 3 nitrogen and oxygen atoms in total. The van der Waals surface area contributed by atoms with Crippen LogP contribution in [0.2, 0.25) is 5.15 Å². The van der Waals surface area contributed by atoms with Crippen LogP contribution >= 0.6 is 22.9 Å². The second kappa shape index (κ2) is 7.29. The first kappa shape index (κ1) is 18.0. The molecule has 0 radical (unpaired) electrons. The van der Waals surface area contributed by atoms with E-state index in [1.165, 1.54) is 22.5 Å². The highest BCUT2D eigenvalue weighted by atomic mass is 35.5. The van der Waals surface area contributed by atoms with E-state index in [0.29, 0.717) is 16.6 Å². The third kappa shape index (κ3) is 3.68. The normalized spacial score (nSPS) is 11.2. The van der Waals surface area contributed by atoms with Gasteiger partial charge in [0.1, 0.15) is 5.15 Å². The van der Waals surface area contributed by atoms with Crippen molar-refractivity contribution in [1.82, 2.24) is 10.3 Å². The number of aromatic nitrogens is 1. The minimum absolute atomic E-state index is 0.0693. The molecule has 136 valence electrons. The maximum Gasteiger partial charge on any atom is 0.261 e. The average Bonchev–Trinajstić information content (AvgIpc) is 3.11. The van der Waals surface area contributed by atoms with Gasteiger partial charge in [0.05, 0.1) is 10.4 Å². The smallest absolute Gasteiger partial charge is 0.261 e. The van der Waals surface area contributed by atoms with E-state index in [1.807, 2.05) is 25.1 Å². The van der Waals surface area contributed by atoms with Crippen molar-refractivity contribution in [2.24, 2.45) is 0 Å². The van der Waals surface area contributed by atoms with Gasteiger partial charge in [-0.1, -0.05) is 53.1 Å². The Balaban J connectivity index is 1.57. The van der Waals surface area contributed by atoms with Crippen molar-refractivity contribution in [2.45, 2.75) is 20.3 Å². The van der Waals surface area contributed by atoms with Crippen LogP contribution in [0.1, 0.15) is 26.4 Å². The summed E-state index contributed by atoms with van der Waals surface area (Å²) in [6, 6.07) is 16.3. The molecule has 2 aromatic carbocycles. The summed E-state index contributed by atoms with van der Waals surface area (Å²) in [5, 5.41) is 5.33. The van der Waals surface area contributed by atoms with Crippen LogP contribution in [0.4, 0.5) is 0 Å². The number of carbonyl (C=O) groups is 1. The van der Waals surface area contributed by atoms with Crippen LogP contribution in [0.25, 0.3) is 21.0 Å². The molecule has 2 aromatic heterocycles. The fourth-order valence-electron chi connectivity index (χ4n) is 3.11. The first-order valence-electron chi connectivity index (χ1n) is 8.84. The molecule has 1 N–H and O–H groups in total. The van der Waals surface area contributed by atoms with Gasteiger partial charge in [0.25, 0.3) is 5.91 Å². The van der Waals surface area contributed by atoms with Crippen molar-refractivity contribution in [2.75, 3.05) is 6.54 Å². The van der Waals surface area contributed by atoms with Gasteiger partial charge >= 0.3 is 0 Å². The molecule has 0 saturated carbocycles. The molecular weight excluding hydrogens is 376 g/mol. The highest BCUT2D eigenvalue weighted by molar-refractivity contribution is 7.21. The Morgan fingerprint density at radius 1 is 1.04 bits per heavy atom. The van der Waals surface area contributed by atoms with E-state index in [4.69, 9.17) is 11.6 Å². The quantitative estimate of drug-likeness (QED) is 0.451. The Hall–Kier alpha value is -2.43. The molecule has 0 aliphatic rings. The van der Waals surface area contributed by atoms with Crippen molar-refractivity contribution in [3.8, 4) is 0 Å². The van der Waals surface area contributed by atoms with E-state index < -0.39 is 0 Å². The number of thiophene rings is 1. The lowest BCUT2D eigenvalue weighted by atomic mass is 10.1. The van der Waals surface area contributed by atoms with Crippen molar-refractivity contribution < 1.29 is 4.79 Å². The van der Waals surface area contributed by atoms with Crippen LogP contribution in [0, 0.1) is 13.8 Å². The van der Waals surface area contributed by atoms with Crippen LogP contribution in [-0.2, 0) is 6.42 Å². The van der Waals surface area contributed by atoms with Gasteiger partial charge in [-0.2, -0.15) is 0 Å². The van der Waals surface area contributed by atoms with Crippen molar-refractivity contribution in [1.29, 1.82) is 0 Å². The highest BCUT2D eigenvalue weighted by Gasteiger charge is 2.15. The van der Waals surface area contributed by atoms with Gasteiger partial charge in [0, 0.05) is 22.0 Å². The highest BCUT2D eigenvalue weighted by Crippen LogP contribution is 2.36. The largest absolute Gasteiger partial charge is 0.351 e. The lowest BCUT2D eigenvalue weighted by molar-refractivity contribution is 0.0958. The van der Waals surface area contributed by atoms with E-state index in [1.54, 1.807) is 0 Å². The van der Waals surface area contributed by atoms with Gasteiger partial charge in [-0.25, -0.2) is 4.98 Å². The molecule has 1 amide bonds. The topological polar surface area (TPSA) is 42.0 Å². The number of fused-ring (bicyclic) bond motifs is 3. The molecule has 0 aliphatic carbocycles. The van der Waals surface area contributed by atoms with E-state index >= 15 is 0 Å². The van der Waals surface area contributed by atoms with Gasteiger partial charge in [0.15, 0.2) is 0 Å². The fraction of sp³-hybridized carbons (Fsp3) is 0.182. The third-order valence-corrected chi connectivity index (χ3v) is 6.07. The summed E-state index contributed by atoms with van der Waals surface area (Å²) in [5.74, 6) is -0.0693. The number of pyridine rings is 1. The molecule has 5 heteroatoms. The van der Waals surface area contributed by atoms with Crippen molar-refractivity contribution in [3.63, 3.8) is 0 Å². The number of halogens is 1. The molecule has 4 aromatic rings. The summed E-state index contributed by atoms with van der Waals surface area (Å²) in [4.78, 5) is 17.7. The zero-order valence-electron chi connectivity index (χ0n) is 15.2. The zero-order valence-corrected chi connectivity index (χ0v) is 16.7. The summed E-state index contributed by atoms with van der Waals surface area (Å²) < 4.78 is 1.01. The van der Waals surface area contributed by atoms with Crippen molar-refractivity contribution in [3.05, 3.63) is 75.3 Å². The van der Waals surface area contributed by atoms with Gasteiger partial charge in [-0.3, -0.25) is 4.79 Å². The molecule has 0 bridgehead atoms. The first-order valence-corrected chi connectivity index (χ1v) is 10.0. The molecular formula is C22H19ClN2OS. The molecule has 0 saturated heterocycles. The number of amides is 1. The van der Waals surface area contributed by atoms with E-state index in [0.717, 1.165) is 33.0 Å². The van der Waals surface area contributed by atoms with E-state index in [9.17, 15) is 4.79 Å². The Labute approximate surface area is 167 Å². The summed E-state index contributed by atoms with van der Waals surface area (Å²) >= 11 is 7.82. The second-order valence-electron chi connectivity index (χ2n) is 6.77. The van der Waals surface area contributed by atoms with Crippen LogP contribution in [-0.4, -0.2) is 17.4 Å². The number of carbonyl (C=O) groups excluding carboxylic acids is 1. The molecule has 0 spiro atoms. The lowest BCUT2D eigenvalue weighted by Gasteiger charge is -2.04. The number of benzene rings is 2. The molecule has 0 unspecified atom stereocenters.